The SMILES string of the molecule is NCCCC[C@H]1CNC(=O)CN2OC34ON(CC(=O)N1)C(=O)CC(=O)NCC31CCN(CCCCN3CCC4(NC(=O)CC2=O)ONC(=O)CC3=O)C(=O)CC(=O)NO1. The summed E-state index contributed by atoms with van der Waals surface area (Å²) in [6.07, 6.45) is -2.49. The summed E-state index contributed by atoms with van der Waals surface area (Å²) in [5, 5.41) is 11.4. The van der Waals surface area contributed by atoms with Crippen molar-refractivity contribution in [2.45, 2.75) is 93.8 Å². The molecule has 8 N–H and O–H groups in total. The van der Waals surface area contributed by atoms with E-state index < -0.39 is 140 Å². The highest BCUT2D eigenvalue weighted by atomic mass is 16.9. The van der Waals surface area contributed by atoms with Gasteiger partial charge in [-0.25, -0.2) is 35.6 Å². The summed E-state index contributed by atoms with van der Waals surface area (Å²) in [7, 11) is 0. The lowest BCUT2D eigenvalue weighted by atomic mass is 9.79. The quantitative estimate of drug-likeness (QED) is 0.103. The summed E-state index contributed by atoms with van der Waals surface area (Å²) in [6, 6.07) is -0.733. The number of rotatable bonds is 4. The van der Waals surface area contributed by atoms with Crippen LogP contribution in [0.3, 0.4) is 0 Å². The Hall–Kier alpha value is -5.50. The molecule has 25 heteroatoms. The number of hydrogen-bond donors (Lipinski definition) is 7. The second-order valence-electron chi connectivity index (χ2n) is 15.1. The van der Waals surface area contributed by atoms with E-state index in [0.717, 1.165) is 0 Å². The molecule has 0 aromatic rings. The van der Waals surface area contributed by atoms with Crippen molar-refractivity contribution in [3.8, 4) is 0 Å². The van der Waals surface area contributed by atoms with Gasteiger partial charge in [0.05, 0.1) is 6.54 Å². The maximum Gasteiger partial charge on any atom is 0.301 e. The van der Waals surface area contributed by atoms with Gasteiger partial charge in [-0.3, -0.25) is 52.8 Å². The van der Waals surface area contributed by atoms with Gasteiger partial charge in [0, 0.05) is 51.6 Å². The fourth-order valence-electron chi connectivity index (χ4n) is 7.74. The van der Waals surface area contributed by atoms with E-state index in [-0.39, 0.29) is 32.7 Å². The maximum atomic E-state index is 14.2. The minimum absolute atomic E-state index is 0.0348. The average Bonchev–Trinajstić information content (AvgIpc) is 3.30. The monoisotopic (exact) mass is 835 g/mol. The highest BCUT2D eigenvalue weighted by molar-refractivity contribution is 6.00. The summed E-state index contributed by atoms with van der Waals surface area (Å²) in [4.78, 5) is 166. The molecule has 0 saturated carbocycles. The number of unbranched alkanes of at least 4 members (excludes halogenated alkanes) is 1. The highest BCUT2D eigenvalue weighted by Gasteiger charge is 2.74. The molecule has 6 fully saturated rings. The van der Waals surface area contributed by atoms with Gasteiger partial charge in [-0.2, -0.15) is 0 Å². The number of carbonyl (C=O) groups excluding carboxylic acids is 10. The van der Waals surface area contributed by atoms with Gasteiger partial charge >= 0.3 is 5.79 Å². The highest BCUT2D eigenvalue weighted by Crippen LogP contribution is 2.48. The van der Waals surface area contributed by atoms with E-state index in [0.29, 0.717) is 48.8 Å². The zero-order valence-corrected chi connectivity index (χ0v) is 32.3. The third-order valence-electron chi connectivity index (χ3n) is 10.8. The molecule has 6 aliphatic heterocycles. The van der Waals surface area contributed by atoms with Crippen LogP contribution in [-0.4, -0.2) is 161 Å². The van der Waals surface area contributed by atoms with E-state index in [4.69, 9.17) is 25.1 Å². The molecular formula is C34H49N11O14. The molecule has 0 aromatic carbocycles. The van der Waals surface area contributed by atoms with E-state index in [1.165, 1.54) is 9.80 Å². The first-order valence-corrected chi connectivity index (χ1v) is 19.5. The van der Waals surface area contributed by atoms with Gasteiger partial charge in [0.1, 0.15) is 38.8 Å². The molecule has 6 heterocycles. The van der Waals surface area contributed by atoms with Crippen molar-refractivity contribution in [1.82, 2.24) is 52.2 Å². The van der Waals surface area contributed by atoms with Crippen LogP contribution in [0.2, 0.25) is 0 Å². The lowest BCUT2D eigenvalue weighted by molar-refractivity contribution is -0.494. The molecule has 0 aliphatic carbocycles. The van der Waals surface area contributed by atoms with Crippen LogP contribution in [0.1, 0.15) is 70.6 Å². The molecule has 4 atom stereocenters. The number of nitrogens with zero attached hydrogens (tertiary/aromatic N) is 4. The van der Waals surface area contributed by atoms with Crippen molar-refractivity contribution in [3.63, 3.8) is 0 Å². The summed E-state index contributed by atoms with van der Waals surface area (Å²) in [6.45, 7) is -3.12. The third kappa shape index (κ3) is 9.53. The molecule has 0 radical (unpaired) electrons. The average molecular weight is 836 g/mol. The summed E-state index contributed by atoms with van der Waals surface area (Å²) >= 11 is 0. The van der Waals surface area contributed by atoms with Crippen molar-refractivity contribution < 1.29 is 67.3 Å². The van der Waals surface area contributed by atoms with Gasteiger partial charge in [-0.05, 0) is 32.2 Å². The zero-order chi connectivity index (χ0) is 42.4. The Morgan fingerprint density at radius 3 is 1.83 bits per heavy atom. The van der Waals surface area contributed by atoms with Crippen LogP contribution in [0, 0.1) is 0 Å². The maximum absolute atomic E-state index is 14.2. The molecule has 59 heavy (non-hydrogen) atoms. The number of carbonyl (C=O) groups is 10. The van der Waals surface area contributed by atoms with Crippen molar-refractivity contribution >= 4 is 59.1 Å². The third-order valence-corrected chi connectivity index (χ3v) is 10.8. The molecule has 7 bridgehead atoms. The van der Waals surface area contributed by atoms with Crippen LogP contribution in [0.15, 0.2) is 0 Å². The van der Waals surface area contributed by atoms with E-state index in [2.05, 4.69) is 32.2 Å². The lowest BCUT2D eigenvalue weighted by Crippen LogP contribution is -2.83. The minimum atomic E-state index is -3.19. The molecule has 3 spiro atoms. The van der Waals surface area contributed by atoms with Gasteiger partial charge in [0.2, 0.25) is 41.2 Å². The summed E-state index contributed by atoms with van der Waals surface area (Å²) in [5.74, 6) is -12.6. The predicted octanol–water partition coefficient (Wildman–Crippen LogP) is -5.44. The Balaban J connectivity index is 1.66. The van der Waals surface area contributed by atoms with Crippen LogP contribution in [0.25, 0.3) is 0 Å². The zero-order valence-electron chi connectivity index (χ0n) is 32.3. The van der Waals surface area contributed by atoms with Gasteiger partial charge < -0.3 is 36.8 Å². The smallest absolute Gasteiger partial charge is 0.301 e. The van der Waals surface area contributed by atoms with Gasteiger partial charge in [-0.1, -0.05) is 6.42 Å². The molecule has 6 aliphatic rings. The van der Waals surface area contributed by atoms with Crippen LogP contribution >= 0.6 is 0 Å². The Morgan fingerprint density at radius 1 is 0.610 bits per heavy atom. The summed E-state index contributed by atoms with van der Waals surface area (Å²) in [5.41, 5.74) is 4.67. The fourth-order valence-corrected chi connectivity index (χ4v) is 7.74. The molecule has 6 saturated heterocycles. The van der Waals surface area contributed by atoms with Crippen LogP contribution in [0.4, 0.5) is 0 Å². The Kier molecular flexibility index (Phi) is 13.3. The number of hydroxylamine groups is 6. The van der Waals surface area contributed by atoms with E-state index in [1.54, 1.807) is 0 Å². The first kappa shape index (κ1) is 43.1. The normalized spacial score (nSPS) is 31.1. The first-order valence-electron chi connectivity index (χ1n) is 19.5. The Bertz CT molecular complexity index is 1750. The Labute approximate surface area is 336 Å². The van der Waals surface area contributed by atoms with Crippen LogP contribution in [0.5, 0.6) is 0 Å². The Morgan fingerprint density at radius 2 is 1.19 bits per heavy atom. The standard InChI is InChI=1S/C34H49N11O14/c35-8-2-1-5-21-17-36-26(50)18-44-31(55)14-23(47)39-33-7-12-43(29(53)16-25(49)41-57-33)10-4-3-9-42-11-6-32(56-40-24(48)15-28(42)52)20-37-22(46)13-30(54)45(19-27(51)38-21)59-34(32,33)58-44/h21H,1-20,35H2,(H,36,50)(H,37,46)(H,38,51)(H,39,47)(H,40,48)(H,41,49)/t21-,32?,33?,34?/m0/s1. The predicted molar refractivity (Wildman–Crippen MR) is 191 cm³/mol. The number of amides is 10. The second kappa shape index (κ2) is 18.2. The second-order valence-corrected chi connectivity index (χ2v) is 15.1. The van der Waals surface area contributed by atoms with Gasteiger partial charge in [0.25, 0.3) is 23.6 Å². The molecule has 10 amide bonds. The summed E-state index contributed by atoms with van der Waals surface area (Å²) < 4.78 is 0. The molecule has 0 aromatic heterocycles. The number of nitrogens with one attached hydrogen (secondary N) is 6. The largest absolute Gasteiger partial charge is 0.352 e. The number of hydrogen-bond acceptors (Lipinski definition) is 15. The van der Waals surface area contributed by atoms with Crippen molar-refractivity contribution in [2.75, 3.05) is 58.9 Å². The van der Waals surface area contributed by atoms with Crippen LogP contribution < -0.4 is 38.0 Å². The van der Waals surface area contributed by atoms with E-state index in [1.807, 2.05) is 0 Å². The van der Waals surface area contributed by atoms with E-state index in [9.17, 15) is 47.9 Å². The minimum Gasteiger partial charge on any atom is -0.352 e. The molecule has 3 unspecified atom stereocenters. The van der Waals surface area contributed by atoms with Crippen LogP contribution in [-0.2, 0) is 67.3 Å². The fraction of sp³-hybridized carbons (Fsp3) is 0.706. The van der Waals surface area contributed by atoms with E-state index >= 15 is 0 Å². The van der Waals surface area contributed by atoms with Crippen molar-refractivity contribution in [1.29, 1.82) is 0 Å². The molecule has 25 nitrogen and oxygen atoms in total. The lowest BCUT2D eigenvalue weighted by Gasteiger charge is -2.57. The van der Waals surface area contributed by atoms with Gasteiger partial charge in [-0.15, -0.1) is 0 Å². The van der Waals surface area contributed by atoms with Crippen molar-refractivity contribution in [3.05, 3.63) is 0 Å². The van der Waals surface area contributed by atoms with Crippen molar-refractivity contribution in [2.24, 2.45) is 5.73 Å². The number of fused-ring (bicyclic) bond motifs is 6. The number of nitrogens with two attached hydrogens (primary N) is 1. The first-order chi connectivity index (χ1) is 28.2. The van der Waals surface area contributed by atoms with Gasteiger partial charge in [0.15, 0.2) is 5.60 Å². The molecule has 324 valence electrons. The molecule has 6 rings (SSSR count). The topological polar surface area (TPSA) is 319 Å². The molecular weight excluding hydrogens is 786 g/mol.